The highest BCUT2D eigenvalue weighted by molar-refractivity contribution is 5.29. The molecule has 0 aliphatic heterocycles. The molecule has 0 fully saturated rings. The van der Waals surface area contributed by atoms with Crippen LogP contribution in [0.1, 0.15) is 39.3 Å². The van der Waals surface area contributed by atoms with Crippen LogP contribution in [0.5, 0.6) is 5.75 Å². The van der Waals surface area contributed by atoms with E-state index in [0.717, 1.165) is 5.56 Å². The van der Waals surface area contributed by atoms with Crippen LogP contribution in [0.4, 0.5) is 13.2 Å². The van der Waals surface area contributed by atoms with Gasteiger partial charge in [-0.1, -0.05) is 12.1 Å². The van der Waals surface area contributed by atoms with E-state index in [0.29, 0.717) is 0 Å². The second kappa shape index (κ2) is 5.18. The summed E-state index contributed by atoms with van der Waals surface area (Å²) in [6.07, 6.45) is -4.64. The summed E-state index contributed by atoms with van der Waals surface area (Å²) in [6.45, 7) is 8.06. The van der Waals surface area contributed by atoms with Gasteiger partial charge in [-0.25, -0.2) is 0 Å². The van der Waals surface area contributed by atoms with Crippen LogP contribution in [0.3, 0.4) is 0 Å². The number of hydrogen-bond acceptors (Lipinski definition) is 2. The summed E-state index contributed by atoms with van der Waals surface area (Å²) >= 11 is 0. The molecule has 0 saturated carbocycles. The molecule has 1 aromatic rings. The summed E-state index contributed by atoms with van der Waals surface area (Å²) in [5, 5.41) is 3.34. The average molecular weight is 261 g/mol. The van der Waals surface area contributed by atoms with E-state index in [2.05, 4.69) is 10.1 Å². The molecule has 5 heteroatoms. The molecule has 0 aliphatic carbocycles. The Morgan fingerprint density at radius 1 is 1.06 bits per heavy atom. The standard InChI is InChI=1S/C13H18F3NO/c1-9(17-12(2,3)4)10-5-7-11(8-6-10)18-13(14,15)16/h5-9,17H,1-4H3/t9-/m1/s1. The van der Waals surface area contributed by atoms with Crippen molar-refractivity contribution in [1.82, 2.24) is 5.32 Å². The van der Waals surface area contributed by atoms with E-state index < -0.39 is 6.36 Å². The molecule has 0 spiro atoms. The Labute approximate surface area is 105 Å². The molecule has 1 rings (SSSR count). The molecular weight excluding hydrogens is 243 g/mol. The van der Waals surface area contributed by atoms with Gasteiger partial charge in [0.25, 0.3) is 0 Å². The maximum Gasteiger partial charge on any atom is 0.573 e. The second-order valence-corrected chi connectivity index (χ2v) is 5.23. The van der Waals surface area contributed by atoms with E-state index in [1.165, 1.54) is 12.1 Å². The summed E-state index contributed by atoms with van der Waals surface area (Å²) in [4.78, 5) is 0. The predicted molar refractivity (Wildman–Crippen MR) is 64.4 cm³/mol. The Morgan fingerprint density at radius 2 is 1.56 bits per heavy atom. The highest BCUT2D eigenvalue weighted by Gasteiger charge is 2.31. The van der Waals surface area contributed by atoms with Gasteiger partial charge in [0.2, 0.25) is 0 Å². The fraction of sp³-hybridized carbons (Fsp3) is 0.538. The zero-order valence-electron chi connectivity index (χ0n) is 10.9. The number of alkyl halides is 3. The second-order valence-electron chi connectivity index (χ2n) is 5.23. The van der Waals surface area contributed by atoms with Gasteiger partial charge in [0, 0.05) is 11.6 Å². The highest BCUT2D eigenvalue weighted by Crippen LogP contribution is 2.24. The first kappa shape index (κ1) is 14.8. The molecule has 2 nitrogen and oxygen atoms in total. The molecule has 102 valence electrons. The van der Waals surface area contributed by atoms with Gasteiger partial charge in [0.15, 0.2) is 0 Å². The van der Waals surface area contributed by atoms with Gasteiger partial charge in [0.1, 0.15) is 5.75 Å². The number of nitrogens with one attached hydrogen (secondary N) is 1. The minimum Gasteiger partial charge on any atom is -0.406 e. The molecule has 0 heterocycles. The lowest BCUT2D eigenvalue weighted by Crippen LogP contribution is -2.37. The Morgan fingerprint density at radius 3 is 1.94 bits per heavy atom. The van der Waals surface area contributed by atoms with Crippen molar-refractivity contribution < 1.29 is 17.9 Å². The zero-order chi connectivity index (χ0) is 14.0. The Bertz CT molecular complexity index is 379. The quantitative estimate of drug-likeness (QED) is 0.886. The van der Waals surface area contributed by atoms with Crippen molar-refractivity contribution in [2.75, 3.05) is 0 Å². The summed E-state index contributed by atoms with van der Waals surface area (Å²) in [5.41, 5.74) is 0.861. The SMILES string of the molecule is C[C@@H](NC(C)(C)C)c1ccc(OC(F)(F)F)cc1. The molecule has 0 aliphatic rings. The Balaban J connectivity index is 2.71. The molecule has 1 N–H and O–H groups in total. The van der Waals surface area contributed by atoms with Crippen molar-refractivity contribution in [1.29, 1.82) is 0 Å². The van der Waals surface area contributed by atoms with Crippen molar-refractivity contribution in [3.63, 3.8) is 0 Å². The minimum atomic E-state index is -4.64. The minimum absolute atomic E-state index is 0.0550. The van der Waals surface area contributed by atoms with E-state index >= 15 is 0 Å². The van der Waals surface area contributed by atoms with E-state index in [9.17, 15) is 13.2 Å². The Kier molecular flexibility index (Phi) is 4.27. The van der Waals surface area contributed by atoms with Gasteiger partial charge in [0.05, 0.1) is 0 Å². The van der Waals surface area contributed by atoms with Crippen molar-refractivity contribution in [3.05, 3.63) is 29.8 Å². The van der Waals surface area contributed by atoms with Gasteiger partial charge in [-0.3, -0.25) is 0 Å². The van der Waals surface area contributed by atoms with Crippen LogP contribution >= 0.6 is 0 Å². The molecular formula is C13H18F3NO. The number of ether oxygens (including phenoxy) is 1. The molecule has 1 aromatic carbocycles. The molecule has 18 heavy (non-hydrogen) atoms. The smallest absolute Gasteiger partial charge is 0.406 e. The summed E-state index contributed by atoms with van der Waals surface area (Å²) < 4.78 is 39.8. The van der Waals surface area contributed by atoms with E-state index in [4.69, 9.17) is 0 Å². The van der Waals surface area contributed by atoms with Gasteiger partial charge in [-0.2, -0.15) is 0 Å². The van der Waals surface area contributed by atoms with Crippen LogP contribution in [0, 0.1) is 0 Å². The van der Waals surface area contributed by atoms with E-state index in [-0.39, 0.29) is 17.3 Å². The lowest BCUT2D eigenvalue weighted by atomic mass is 10.0. The molecule has 0 aromatic heterocycles. The topological polar surface area (TPSA) is 21.3 Å². The predicted octanol–water partition coefficient (Wildman–Crippen LogP) is 4.03. The first-order valence-electron chi connectivity index (χ1n) is 5.70. The van der Waals surface area contributed by atoms with Crippen molar-refractivity contribution in [2.45, 2.75) is 45.6 Å². The van der Waals surface area contributed by atoms with E-state index in [1.807, 2.05) is 27.7 Å². The van der Waals surface area contributed by atoms with Crippen LogP contribution in [-0.4, -0.2) is 11.9 Å². The summed E-state index contributed by atoms with van der Waals surface area (Å²) in [7, 11) is 0. The number of benzene rings is 1. The van der Waals surface area contributed by atoms with E-state index in [1.54, 1.807) is 12.1 Å². The van der Waals surface area contributed by atoms with Gasteiger partial charge in [-0.15, -0.1) is 13.2 Å². The normalized spacial score (nSPS) is 14.4. The zero-order valence-corrected chi connectivity index (χ0v) is 10.9. The van der Waals surface area contributed by atoms with Crippen LogP contribution in [-0.2, 0) is 0 Å². The molecule has 0 bridgehead atoms. The molecule has 0 radical (unpaired) electrons. The number of hydrogen-bond donors (Lipinski definition) is 1. The molecule has 0 saturated heterocycles. The van der Waals surface area contributed by atoms with Crippen molar-refractivity contribution >= 4 is 0 Å². The fourth-order valence-corrected chi connectivity index (χ4v) is 1.69. The third-order valence-electron chi connectivity index (χ3n) is 2.26. The Hall–Kier alpha value is -1.23. The lowest BCUT2D eigenvalue weighted by Gasteiger charge is -2.26. The highest BCUT2D eigenvalue weighted by atomic mass is 19.4. The maximum atomic E-state index is 12.0. The fourth-order valence-electron chi connectivity index (χ4n) is 1.69. The van der Waals surface area contributed by atoms with Gasteiger partial charge >= 0.3 is 6.36 Å². The maximum absolute atomic E-state index is 12.0. The first-order chi connectivity index (χ1) is 8.07. The third kappa shape index (κ3) is 5.40. The summed E-state index contributed by atoms with van der Waals surface area (Å²) in [5.74, 6) is -0.200. The molecule has 0 unspecified atom stereocenters. The third-order valence-corrected chi connectivity index (χ3v) is 2.26. The largest absolute Gasteiger partial charge is 0.573 e. The number of rotatable bonds is 3. The molecule has 0 amide bonds. The van der Waals surface area contributed by atoms with Crippen LogP contribution in [0.2, 0.25) is 0 Å². The van der Waals surface area contributed by atoms with Crippen LogP contribution in [0.15, 0.2) is 24.3 Å². The van der Waals surface area contributed by atoms with Gasteiger partial charge < -0.3 is 10.1 Å². The molecule has 1 atom stereocenters. The monoisotopic (exact) mass is 261 g/mol. The van der Waals surface area contributed by atoms with Crippen LogP contribution < -0.4 is 10.1 Å². The average Bonchev–Trinajstić information content (AvgIpc) is 2.13. The number of halogens is 3. The van der Waals surface area contributed by atoms with Crippen LogP contribution in [0.25, 0.3) is 0 Å². The first-order valence-corrected chi connectivity index (χ1v) is 5.70. The lowest BCUT2D eigenvalue weighted by molar-refractivity contribution is -0.274. The summed E-state index contributed by atoms with van der Waals surface area (Å²) in [6, 6.07) is 5.97. The van der Waals surface area contributed by atoms with Gasteiger partial charge in [-0.05, 0) is 45.4 Å². The van der Waals surface area contributed by atoms with Crippen molar-refractivity contribution in [3.8, 4) is 5.75 Å². The van der Waals surface area contributed by atoms with Crippen molar-refractivity contribution in [2.24, 2.45) is 0 Å².